The summed E-state index contributed by atoms with van der Waals surface area (Å²) in [6.45, 7) is 1.66. The van der Waals surface area contributed by atoms with Crippen molar-refractivity contribution in [3.8, 4) is 11.4 Å². The van der Waals surface area contributed by atoms with Gasteiger partial charge in [-0.2, -0.15) is 5.10 Å². The third kappa shape index (κ3) is 2.11. The molecule has 6 nitrogen and oxygen atoms in total. The van der Waals surface area contributed by atoms with Gasteiger partial charge in [0.25, 0.3) is 0 Å². The predicted molar refractivity (Wildman–Crippen MR) is 94.4 cm³/mol. The molecule has 0 aliphatic heterocycles. The third-order valence-electron chi connectivity index (χ3n) is 4.40. The van der Waals surface area contributed by atoms with Crippen molar-refractivity contribution in [3.63, 3.8) is 0 Å². The van der Waals surface area contributed by atoms with Crippen LogP contribution in [0.5, 0.6) is 0 Å². The Hall–Kier alpha value is -2.73. The van der Waals surface area contributed by atoms with Gasteiger partial charge >= 0.3 is 0 Å². The van der Waals surface area contributed by atoms with E-state index in [2.05, 4.69) is 20.3 Å². The highest BCUT2D eigenvalue weighted by atomic mass is 16.1. The fourth-order valence-electron chi connectivity index (χ4n) is 3.23. The highest BCUT2D eigenvalue weighted by molar-refractivity contribution is 6.27. The molecule has 0 bridgehead atoms. The van der Waals surface area contributed by atoms with Gasteiger partial charge < -0.3 is 10.2 Å². The maximum atomic E-state index is 13.1. The van der Waals surface area contributed by atoms with Crippen LogP contribution in [0.2, 0.25) is 0 Å². The van der Waals surface area contributed by atoms with Crippen LogP contribution >= 0.6 is 0 Å². The van der Waals surface area contributed by atoms with Crippen molar-refractivity contribution >= 4 is 22.4 Å². The summed E-state index contributed by atoms with van der Waals surface area (Å²) < 4.78 is 1.81. The molecule has 1 aliphatic rings. The Balaban J connectivity index is 1.92. The van der Waals surface area contributed by atoms with E-state index in [1.807, 2.05) is 44.0 Å². The zero-order valence-corrected chi connectivity index (χ0v) is 14.0. The molecule has 2 aromatic heterocycles. The van der Waals surface area contributed by atoms with Gasteiger partial charge in [0.15, 0.2) is 5.78 Å². The summed E-state index contributed by atoms with van der Waals surface area (Å²) in [6, 6.07) is 7.60. The lowest BCUT2D eigenvalue weighted by Crippen LogP contribution is -2.22. The summed E-state index contributed by atoms with van der Waals surface area (Å²) in [4.78, 5) is 19.6. The Morgan fingerprint density at radius 2 is 2.04 bits per heavy atom. The summed E-state index contributed by atoms with van der Waals surface area (Å²) in [5, 5.41) is 8.90. The molecular formula is C18H19N5O. The highest BCUT2D eigenvalue weighted by Crippen LogP contribution is 2.40. The average molecular weight is 321 g/mol. The Kier molecular flexibility index (Phi) is 3.35. The number of hydrogen-bond acceptors (Lipinski definition) is 5. The normalized spacial score (nSPS) is 12.8. The van der Waals surface area contributed by atoms with Crippen LogP contribution in [0.25, 0.3) is 22.3 Å². The summed E-state index contributed by atoms with van der Waals surface area (Å²) >= 11 is 0. The van der Waals surface area contributed by atoms with Crippen LogP contribution in [0.1, 0.15) is 15.9 Å². The molecule has 6 heteroatoms. The van der Waals surface area contributed by atoms with Crippen molar-refractivity contribution in [2.75, 3.05) is 32.5 Å². The molecule has 0 radical (unpaired) electrons. The average Bonchev–Trinajstić information content (AvgIpc) is 2.90. The number of hydrogen-bond donors (Lipinski definition) is 1. The maximum absolute atomic E-state index is 13.1. The number of pyridine rings is 1. The zero-order chi connectivity index (χ0) is 16.8. The summed E-state index contributed by atoms with van der Waals surface area (Å²) in [5.41, 5.74) is 4.59. The fraction of sp³-hybridized carbons (Fsp3) is 0.278. The smallest absolute Gasteiger partial charge is 0.198 e. The molecule has 0 fully saturated rings. The molecule has 2 heterocycles. The van der Waals surface area contributed by atoms with Crippen LogP contribution < -0.4 is 5.32 Å². The van der Waals surface area contributed by atoms with Gasteiger partial charge in [-0.25, -0.2) is 0 Å². The summed E-state index contributed by atoms with van der Waals surface area (Å²) in [7, 11) is 5.95. The van der Waals surface area contributed by atoms with E-state index in [4.69, 9.17) is 0 Å². The minimum Gasteiger partial charge on any atom is -0.383 e. The number of anilines is 1. The molecule has 0 saturated carbocycles. The van der Waals surface area contributed by atoms with Gasteiger partial charge in [0.1, 0.15) is 11.4 Å². The van der Waals surface area contributed by atoms with Crippen molar-refractivity contribution in [1.29, 1.82) is 0 Å². The van der Waals surface area contributed by atoms with Gasteiger partial charge in [0, 0.05) is 37.4 Å². The lowest BCUT2D eigenvalue weighted by atomic mass is 9.89. The van der Waals surface area contributed by atoms with Crippen molar-refractivity contribution in [2.45, 2.75) is 0 Å². The molecule has 1 aromatic carbocycles. The van der Waals surface area contributed by atoms with Crippen LogP contribution in [0.3, 0.4) is 0 Å². The number of fused-ring (bicyclic) bond motifs is 2. The van der Waals surface area contributed by atoms with Crippen LogP contribution in [-0.4, -0.2) is 52.6 Å². The molecule has 0 amide bonds. The molecule has 24 heavy (non-hydrogen) atoms. The molecule has 0 unspecified atom stereocenters. The Morgan fingerprint density at radius 3 is 2.83 bits per heavy atom. The first-order valence-electron chi connectivity index (χ1n) is 7.96. The number of nitrogens with zero attached hydrogens (tertiary/aromatic N) is 4. The maximum Gasteiger partial charge on any atom is 0.198 e. The molecule has 1 aliphatic carbocycles. The highest BCUT2D eigenvalue weighted by Gasteiger charge is 2.31. The second kappa shape index (κ2) is 5.42. The number of carbonyl (C=O) groups is 1. The van der Waals surface area contributed by atoms with Crippen LogP contribution in [0.15, 0.2) is 30.5 Å². The lowest BCUT2D eigenvalue weighted by molar-refractivity contribution is 0.104. The number of benzene rings is 1. The van der Waals surface area contributed by atoms with Gasteiger partial charge in [-0.15, -0.1) is 0 Å². The lowest BCUT2D eigenvalue weighted by Gasteiger charge is -2.18. The van der Waals surface area contributed by atoms with E-state index in [0.717, 1.165) is 35.4 Å². The van der Waals surface area contributed by atoms with Crippen molar-refractivity contribution < 1.29 is 4.79 Å². The zero-order valence-electron chi connectivity index (χ0n) is 14.0. The molecule has 0 spiro atoms. The number of aromatic nitrogens is 3. The first kappa shape index (κ1) is 14.8. The number of likely N-dealkylation sites (N-methyl/N-ethyl adjacent to an activating group) is 1. The van der Waals surface area contributed by atoms with Crippen LogP contribution in [0.4, 0.5) is 5.69 Å². The summed E-state index contributed by atoms with van der Waals surface area (Å²) in [5.74, 6) is 0.0107. The third-order valence-corrected chi connectivity index (χ3v) is 4.40. The quantitative estimate of drug-likeness (QED) is 0.624. The van der Waals surface area contributed by atoms with Gasteiger partial charge in [-0.05, 0) is 38.4 Å². The molecule has 3 aromatic rings. The first-order chi connectivity index (χ1) is 11.6. The van der Waals surface area contributed by atoms with Crippen LogP contribution in [-0.2, 0) is 7.05 Å². The molecule has 4 rings (SSSR count). The number of carbonyl (C=O) groups excluding carboxylic acids is 1. The molecule has 0 atom stereocenters. The summed E-state index contributed by atoms with van der Waals surface area (Å²) in [6.07, 6.45) is 1.71. The fourth-order valence-corrected chi connectivity index (χ4v) is 3.23. The van der Waals surface area contributed by atoms with Gasteiger partial charge in [-0.3, -0.25) is 14.5 Å². The Bertz CT molecular complexity index is 957. The minimum absolute atomic E-state index is 0.0107. The Morgan fingerprint density at radius 1 is 1.21 bits per heavy atom. The standard InChI is InChI=1S/C18H19N5O/c1-22(2)10-9-19-12-6-7-13-15-14(12)18(24)11-5-4-8-20-16(11)17(15)21-23(13)3/h4-8,19H,9-10H2,1-3H3. The first-order valence-corrected chi connectivity index (χ1v) is 7.96. The van der Waals surface area contributed by atoms with Gasteiger partial charge in [0.2, 0.25) is 0 Å². The second-order valence-electron chi connectivity index (χ2n) is 6.31. The Labute approximate surface area is 140 Å². The number of ketones is 1. The topological polar surface area (TPSA) is 63.1 Å². The number of nitrogens with one attached hydrogen (secondary N) is 1. The number of aryl methyl sites for hydroxylation is 1. The molecule has 122 valence electrons. The monoisotopic (exact) mass is 321 g/mol. The van der Waals surface area contributed by atoms with Crippen LogP contribution in [0, 0.1) is 0 Å². The van der Waals surface area contributed by atoms with E-state index < -0.39 is 0 Å². The van der Waals surface area contributed by atoms with Crippen molar-refractivity contribution in [3.05, 3.63) is 41.6 Å². The van der Waals surface area contributed by atoms with Crippen molar-refractivity contribution in [2.24, 2.45) is 7.05 Å². The molecular weight excluding hydrogens is 302 g/mol. The van der Waals surface area contributed by atoms with E-state index in [0.29, 0.717) is 16.8 Å². The number of rotatable bonds is 4. The minimum atomic E-state index is 0.0107. The van der Waals surface area contributed by atoms with E-state index in [9.17, 15) is 4.79 Å². The van der Waals surface area contributed by atoms with E-state index in [1.165, 1.54) is 0 Å². The van der Waals surface area contributed by atoms with E-state index in [-0.39, 0.29) is 5.78 Å². The largest absolute Gasteiger partial charge is 0.383 e. The predicted octanol–water partition coefficient (Wildman–Crippen LogP) is 2.15. The van der Waals surface area contributed by atoms with E-state index in [1.54, 1.807) is 12.3 Å². The molecule has 0 saturated heterocycles. The second-order valence-corrected chi connectivity index (χ2v) is 6.31. The SMILES string of the molecule is CN(C)CCNc1ccc2c3c(nn2C)-c2ncccc2C(=O)c13. The van der Waals surface area contributed by atoms with Gasteiger partial charge in [0.05, 0.1) is 16.6 Å². The van der Waals surface area contributed by atoms with Crippen molar-refractivity contribution in [1.82, 2.24) is 19.7 Å². The van der Waals surface area contributed by atoms with E-state index >= 15 is 0 Å². The molecule has 1 N–H and O–H groups in total. The van der Waals surface area contributed by atoms with Gasteiger partial charge in [-0.1, -0.05) is 0 Å².